The molecule has 0 aliphatic heterocycles. The number of hydrogen-bond donors (Lipinski definition) is 3. The van der Waals surface area contributed by atoms with Gasteiger partial charge in [-0.3, -0.25) is 4.79 Å². The lowest BCUT2D eigenvalue weighted by Crippen LogP contribution is -2.43. The number of nitrogens with zero attached hydrogens (tertiary/aromatic N) is 1. The van der Waals surface area contributed by atoms with Gasteiger partial charge in [0.15, 0.2) is 0 Å². The number of oxime groups is 1. The molecule has 0 fully saturated rings. The first-order valence-corrected chi connectivity index (χ1v) is 8.89. The topological polar surface area (TPSA) is 106 Å². The van der Waals surface area contributed by atoms with E-state index in [9.17, 15) is 9.59 Å². The molecule has 3 amide bonds. The molecule has 0 aliphatic rings. The third-order valence-electron chi connectivity index (χ3n) is 4.15. The van der Waals surface area contributed by atoms with E-state index in [0.717, 1.165) is 16.8 Å². The molecule has 7 nitrogen and oxygen atoms in total. The molecule has 4 N–H and O–H groups in total. The van der Waals surface area contributed by atoms with Gasteiger partial charge in [-0.05, 0) is 56.2 Å². The van der Waals surface area contributed by atoms with E-state index in [4.69, 9.17) is 22.2 Å². The van der Waals surface area contributed by atoms with Gasteiger partial charge in [-0.25, -0.2) is 4.79 Å². The van der Waals surface area contributed by atoms with Gasteiger partial charge in [-0.1, -0.05) is 35.0 Å². The summed E-state index contributed by atoms with van der Waals surface area (Å²) in [5.41, 5.74) is 7.65. The number of nitrogens with one attached hydrogen (secondary N) is 2. The summed E-state index contributed by atoms with van der Waals surface area (Å²) in [7, 11) is 1.49. The smallest absolute Gasteiger partial charge is 0.319 e. The summed E-state index contributed by atoms with van der Waals surface area (Å²) in [6.07, 6.45) is 0. The SMILES string of the molecule is CO/N=C(\C)c1cccc(C(C)(C)NC(=O)Nc2ccc(Cl)c(C(N)=O)c2)c1. The van der Waals surface area contributed by atoms with Crippen molar-refractivity contribution in [3.8, 4) is 0 Å². The maximum absolute atomic E-state index is 12.5. The Bertz CT molecular complexity index is 925. The molecule has 0 heterocycles. The van der Waals surface area contributed by atoms with Crippen LogP contribution in [0, 0.1) is 0 Å². The fourth-order valence-electron chi connectivity index (χ4n) is 2.63. The van der Waals surface area contributed by atoms with Crippen molar-refractivity contribution >= 4 is 34.9 Å². The molecule has 0 aliphatic carbocycles. The van der Waals surface area contributed by atoms with Gasteiger partial charge in [0.1, 0.15) is 7.11 Å². The Morgan fingerprint density at radius 2 is 1.89 bits per heavy atom. The van der Waals surface area contributed by atoms with Crippen LogP contribution in [0.15, 0.2) is 47.6 Å². The van der Waals surface area contributed by atoms with Crippen LogP contribution in [0.25, 0.3) is 0 Å². The lowest BCUT2D eigenvalue weighted by Gasteiger charge is -2.27. The van der Waals surface area contributed by atoms with Crippen molar-refractivity contribution in [2.75, 3.05) is 12.4 Å². The number of nitrogens with two attached hydrogens (primary N) is 1. The number of anilines is 1. The summed E-state index contributed by atoms with van der Waals surface area (Å²) in [6, 6.07) is 11.7. The number of carbonyl (C=O) groups excluding carboxylic acids is 2. The fraction of sp³-hybridized carbons (Fsp3) is 0.250. The summed E-state index contributed by atoms with van der Waals surface area (Å²) in [6.45, 7) is 5.60. The van der Waals surface area contributed by atoms with Crippen LogP contribution in [-0.2, 0) is 10.4 Å². The second-order valence-corrected chi connectivity index (χ2v) is 7.11. The number of urea groups is 1. The summed E-state index contributed by atoms with van der Waals surface area (Å²) >= 11 is 5.93. The molecule has 0 bridgehead atoms. The maximum Gasteiger partial charge on any atom is 0.319 e. The van der Waals surface area contributed by atoms with Crippen LogP contribution in [0.2, 0.25) is 5.02 Å². The zero-order chi connectivity index (χ0) is 20.9. The van der Waals surface area contributed by atoms with E-state index in [0.29, 0.717) is 5.69 Å². The quantitative estimate of drug-likeness (QED) is 0.504. The van der Waals surface area contributed by atoms with E-state index < -0.39 is 17.5 Å². The van der Waals surface area contributed by atoms with Crippen LogP contribution in [-0.4, -0.2) is 24.8 Å². The van der Waals surface area contributed by atoms with E-state index in [1.54, 1.807) is 6.07 Å². The maximum atomic E-state index is 12.5. The van der Waals surface area contributed by atoms with Gasteiger partial charge in [0.25, 0.3) is 0 Å². The predicted octanol–water partition coefficient (Wildman–Crippen LogP) is 3.87. The minimum atomic E-state index is -0.674. The van der Waals surface area contributed by atoms with Gasteiger partial charge in [-0.15, -0.1) is 0 Å². The molecule has 0 saturated heterocycles. The standard InChI is InChI=1S/C20H23ClN4O3/c1-12(25-28-4)13-6-5-7-14(10-13)20(2,3)24-19(27)23-15-8-9-17(21)16(11-15)18(22)26/h5-11H,1-4H3,(H2,22,26)(H2,23,24,27)/b25-12+. The molecule has 0 aromatic heterocycles. The van der Waals surface area contributed by atoms with Crippen molar-refractivity contribution < 1.29 is 14.4 Å². The van der Waals surface area contributed by atoms with E-state index in [1.807, 2.05) is 45.0 Å². The zero-order valence-electron chi connectivity index (χ0n) is 16.2. The van der Waals surface area contributed by atoms with Crippen molar-refractivity contribution in [2.24, 2.45) is 10.9 Å². The highest BCUT2D eigenvalue weighted by atomic mass is 35.5. The largest absolute Gasteiger partial charge is 0.399 e. The van der Waals surface area contributed by atoms with Crippen molar-refractivity contribution in [1.82, 2.24) is 5.32 Å². The third kappa shape index (κ3) is 5.23. The lowest BCUT2D eigenvalue weighted by molar-refractivity contribution is 0.100. The molecular formula is C20H23ClN4O3. The molecule has 0 atom stereocenters. The Hall–Kier alpha value is -3.06. The van der Waals surface area contributed by atoms with Gasteiger partial charge in [0, 0.05) is 5.69 Å². The van der Waals surface area contributed by atoms with Crippen LogP contribution < -0.4 is 16.4 Å². The molecule has 0 radical (unpaired) electrons. The molecule has 148 valence electrons. The van der Waals surface area contributed by atoms with E-state index in [-0.39, 0.29) is 10.6 Å². The van der Waals surface area contributed by atoms with E-state index in [2.05, 4.69) is 15.8 Å². The second-order valence-electron chi connectivity index (χ2n) is 6.70. The first-order valence-electron chi connectivity index (χ1n) is 8.51. The highest BCUT2D eigenvalue weighted by Crippen LogP contribution is 2.23. The number of hydrogen-bond acceptors (Lipinski definition) is 4. The van der Waals surface area contributed by atoms with Crippen LogP contribution in [0.4, 0.5) is 10.5 Å². The van der Waals surface area contributed by atoms with Crippen LogP contribution in [0.5, 0.6) is 0 Å². The molecule has 2 aromatic rings. The van der Waals surface area contributed by atoms with Crippen LogP contribution in [0.3, 0.4) is 0 Å². The number of amides is 3. The second kappa shape index (κ2) is 8.75. The fourth-order valence-corrected chi connectivity index (χ4v) is 2.84. The molecule has 0 spiro atoms. The van der Waals surface area contributed by atoms with Gasteiger partial charge in [-0.2, -0.15) is 0 Å². The predicted molar refractivity (Wildman–Crippen MR) is 111 cm³/mol. The van der Waals surface area contributed by atoms with Crippen LogP contribution in [0.1, 0.15) is 42.3 Å². The number of rotatable bonds is 6. The molecular weight excluding hydrogens is 380 g/mol. The Kier molecular flexibility index (Phi) is 6.64. The summed E-state index contributed by atoms with van der Waals surface area (Å²) in [5, 5.41) is 9.76. The first kappa shape index (κ1) is 21.2. The van der Waals surface area contributed by atoms with Gasteiger partial charge in [0.05, 0.1) is 21.8 Å². The zero-order valence-corrected chi connectivity index (χ0v) is 16.9. The number of primary amides is 1. The average Bonchev–Trinajstić information content (AvgIpc) is 2.63. The Labute approximate surface area is 168 Å². The molecule has 8 heteroatoms. The Morgan fingerprint density at radius 3 is 2.54 bits per heavy atom. The van der Waals surface area contributed by atoms with Gasteiger partial charge >= 0.3 is 6.03 Å². The Morgan fingerprint density at radius 1 is 1.18 bits per heavy atom. The number of carbonyl (C=O) groups is 2. The molecule has 2 rings (SSSR count). The molecule has 2 aromatic carbocycles. The molecule has 0 saturated carbocycles. The molecule has 28 heavy (non-hydrogen) atoms. The summed E-state index contributed by atoms with van der Waals surface area (Å²) in [4.78, 5) is 28.7. The monoisotopic (exact) mass is 402 g/mol. The van der Waals surface area contributed by atoms with Crippen molar-refractivity contribution in [3.63, 3.8) is 0 Å². The van der Waals surface area contributed by atoms with Gasteiger partial charge < -0.3 is 21.2 Å². The minimum Gasteiger partial charge on any atom is -0.399 e. The third-order valence-corrected chi connectivity index (χ3v) is 4.48. The highest BCUT2D eigenvalue weighted by molar-refractivity contribution is 6.34. The van der Waals surface area contributed by atoms with E-state index >= 15 is 0 Å². The summed E-state index contributed by atoms with van der Waals surface area (Å²) < 4.78 is 0. The summed E-state index contributed by atoms with van der Waals surface area (Å²) in [5.74, 6) is -0.667. The first-order chi connectivity index (χ1) is 13.1. The Balaban J connectivity index is 2.17. The van der Waals surface area contributed by atoms with Crippen molar-refractivity contribution in [1.29, 1.82) is 0 Å². The molecule has 0 unspecified atom stereocenters. The number of benzene rings is 2. The van der Waals surface area contributed by atoms with Crippen molar-refractivity contribution in [3.05, 3.63) is 64.2 Å². The highest BCUT2D eigenvalue weighted by Gasteiger charge is 2.23. The average molecular weight is 403 g/mol. The van der Waals surface area contributed by atoms with Crippen molar-refractivity contribution in [2.45, 2.75) is 26.3 Å². The number of halogens is 1. The minimum absolute atomic E-state index is 0.138. The lowest BCUT2D eigenvalue weighted by atomic mass is 9.92. The van der Waals surface area contributed by atoms with Crippen LogP contribution >= 0.6 is 11.6 Å². The van der Waals surface area contributed by atoms with Gasteiger partial charge in [0.2, 0.25) is 5.91 Å². The normalized spacial score (nSPS) is 11.7. The van der Waals surface area contributed by atoms with E-state index in [1.165, 1.54) is 19.2 Å².